The second kappa shape index (κ2) is 6.25. The second-order valence-electron chi connectivity index (χ2n) is 7.21. The highest BCUT2D eigenvalue weighted by molar-refractivity contribution is 5.99. The molecule has 0 spiro atoms. The average molecular weight is 351 g/mol. The third-order valence-corrected chi connectivity index (χ3v) is 4.92. The maximum absolute atomic E-state index is 13.0. The molecule has 1 amide bonds. The van der Waals surface area contributed by atoms with Crippen LogP contribution in [0.4, 0.5) is 0 Å². The average Bonchev–Trinajstić information content (AvgIpc) is 3.00. The number of hydrogen-bond donors (Lipinski definition) is 1. The van der Waals surface area contributed by atoms with E-state index in [4.69, 9.17) is 4.11 Å². The Morgan fingerprint density at radius 3 is 2.92 bits per heavy atom. The van der Waals surface area contributed by atoms with Gasteiger partial charge in [-0.2, -0.15) is 0 Å². The lowest BCUT2D eigenvalue weighted by Gasteiger charge is -2.28. The van der Waals surface area contributed by atoms with Gasteiger partial charge in [-0.25, -0.2) is 4.98 Å². The van der Waals surface area contributed by atoms with Gasteiger partial charge in [-0.3, -0.25) is 4.79 Å². The van der Waals surface area contributed by atoms with Crippen LogP contribution in [0.15, 0.2) is 30.6 Å². The Bertz CT molecular complexity index is 1100. The highest BCUT2D eigenvalue weighted by Gasteiger charge is 2.25. The van der Waals surface area contributed by atoms with Crippen molar-refractivity contribution in [2.75, 3.05) is 27.6 Å². The van der Waals surface area contributed by atoms with E-state index in [1.54, 1.807) is 0 Å². The van der Waals surface area contributed by atoms with E-state index in [9.17, 15) is 4.79 Å². The van der Waals surface area contributed by atoms with Crippen molar-refractivity contribution in [2.45, 2.75) is 19.9 Å². The van der Waals surface area contributed by atoms with E-state index in [1.807, 2.05) is 50.4 Å². The van der Waals surface area contributed by atoms with Gasteiger partial charge >= 0.3 is 0 Å². The minimum absolute atomic E-state index is 0.196. The highest BCUT2D eigenvalue weighted by Crippen LogP contribution is 2.31. The van der Waals surface area contributed by atoms with E-state index in [0.717, 1.165) is 43.8 Å². The fourth-order valence-electron chi connectivity index (χ4n) is 3.63. The normalized spacial score (nSPS) is 16.5. The molecule has 1 N–H and O–H groups in total. The van der Waals surface area contributed by atoms with E-state index in [1.165, 1.54) is 0 Å². The number of nitrogens with one attached hydrogen (secondary N) is 1. The largest absolute Gasteiger partial charge is 0.346 e. The maximum Gasteiger partial charge on any atom is 0.254 e. The quantitative estimate of drug-likeness (QED) is 0.788. The number of benzene rings is 1. The number of hydrogen-bond acceptors (Lipinski definition) is 3. The lowest BCUT2D eigenvalue weighted by Crippen LogP contribution is -2.35. The lowest BCUT2D eigenvalue weighted by molar-refractivity contribution is 0.0779. The van der Waals surface area contributed by atoms with E-state index >= 15 is 0 Å². The van der Waals surface area contributed by atoms with Crippen molar-refractivity contribution in [3.63, 3.8) is 0 Å². The molecule has 0 saturated carbocycles. The van der Waals surface area contributed by atoms with Crippen LogP contribution in [0.1, 0.15) is 31.2 Å². The van der Waals surface area contributed by atoms with Crippen LogP contribution >= 0.6 is 0 Å². The molecule has 0 unspecified atom stereocenters. The molecule has 1 aliphatic heterocycles. The fourth-order valence-corrected chi connectivity index (χ4v) is 3.63. The lowest BCUT2D eigenvalue weighted by atomic mass is 9.90. The summed E-state index contributed by atoms with van der Waals surface area (Å²) < 4.78 is 23.1. The monoisotopic (exact) mass is 351 g/mol. The third-order valence-electron chi connectivity index (χ3n) is 4.92. The van der Waals surface area contributed by atoms with Gasteiger partial charge in [-0.05, 0) is 61.8 Å². The van der Waals surface area contributed by atoms with Gasteiger partial charge in [0.25, 0.3) is 5.91 Å². The molecule has 26 heavy (non-hydrogen) atoms. The van der Waals surface area contributed by atoms with Gasteiger partial charge < -0.3 is 14.8 Å². The van der Waals surface area contributed by atoms with Crippen LogP contribution in [-0.4, -0.2) is 53.3 Å². The summed E-state index contributed by atoms with van der Waals surface area (Å²) in [4.78, 5) is 23.7. The van der Waals surface area contributed by atoms with Crippen LogP contribution in [0.5, 0.6) is 0 Å². The molecule has 0 bridgehead atoms. The molecule has 0 fully saturated rings. The Labute approximate surface area is 157 Å². The molecule has 0 aliphatic carbocycles. The van der Waals surface area contributed by atoms with Crippen molar-refractivity contribution in [1.29, 1.82) is 0 Å². The number of nitrogens with zero attached hydrogens (tertiary/aromatic N) is 3. The summed E-state index contributed by atoms with van der Waals surface area (Å²) in [6.45, 7) is 0.358. The predicted octanol–water partition coefficient (Wildman–Crippen LogP) is 3.23. The number of fused-ring (bicyclic) bond motifs is 2. The van der Waals surface area contributed by atoms with Gasteiger partial charge in [-0.15, -0.1) is 0 Å². The number of pyridine rings is 1. The minimum atomic E-state index is -2.43. The fraction of sp³-hybridized carbons (Fsp3) is 0.333. The first-order valence-electron chi connectivity index (χ1n) is 10.2. The summed E-state index contributed by atoms with van der Waals surface area (Å²) in [5.74, 6) is -0.412. The summed E-state index contributed by atoms with van der Waals surface area (Å²) >= 11 is 0. The molecule has 0 radical (unpaired) electrons. The van der Waals surface area contributed by atoms with E-state index < -0.39 is 12.9 Å². The molecule has 1 aliphatic rings. The van der Waals surface area contributed by atoms with Crippen LogP contribution in [0.3, 0.4) is 0 Å². The van der Waals surface area contributed by atoms with Gasteiger partial charge in [0.1, 0.15) is 5.65 Å². The molecule has 5 heteroatoms. The number of aromatic nitrogens is 2. The van der Waals surface area contributed by atoms with Crippen molar-refractivity contribution in [3.8, 4) is 11.1 Å². The van der Waals surface area contributed by atoms with Crippen LogP contribution in [0.25, 0.3) is 22.2 Å². The zero-order valence-electron chi connectivity index (χ0n) is 18.3. The highest BCUT2D eigenvalue weighted by atomic mass is 16.2. The Kier molecular flexibility index (Phi) is 3.25. The van der Waals surface area contributed by atoms with Crippen molar-refractivity contribution < 1.29 is 8.91 Å². The van der Waals surface area contributed by atoms with Crippen LogP contribution in [0.2, 0.25) is 0 Å². The zero-order valence-corrected chi connectivity index (χ0v) is 15.3. The maximum atomic E-state index is 13.0. The Hall–Kier alpha value is -2.66. The number of H-pyrrole nitrogens is 1. The molecule has 1 aromatic carbocycles. The number of likely N-dealkylation sites (N-methyl/N-ethyl adjacent to an activating group) is 1. The summed E-state index contributed by atoms with van der Waals surface area (Å²) in [6.07, 6.45) is 4.29. The number of carbonyl (C=O) groups is 1. The summed E-state index contributed by atoms with van der Waals surface area (Å²) in [5, 5.41) is 1.07. The summed E-state index contributed by atoms with van der Waals surface area (Å²) in [6, 6.07) is 6.10. The van der Waals surface area contributed by atoms with Crippen molar-refractivity contribution in [1.82, 2.24) is 19.8 Å². The van der Waals surface area contributed by atoms with E-state index in [0.29, 0.717) is 18.5 Å². The first-order chi connectivity index (χ1) is 13.6. The standard InChI is InChI=1S/C21H24N4O/c1-13-10-22-20-18(13)9-16(11-23-20)15-7-14-5-6-25(4)21(26)19(14)17(8-15)12-24(2)3/h7-11H,5-6,12H2,1-4H3,(H,22,23)/i4D3. The number of aryl methyl sites for hydroxylation is 1. The van der Waals surface area contributed by atoms with E-state index in [2.05, 4.69) is 16.0 Å². The number of amides is 1. The molecule has 5 nitrogen and oxygen atoms in total. The van der Waals surface area contributed by atoms with Gasteiger partial charge in [0.05, 0.1) is 0 Å². The molecule has 0 atom stereocenters. The first kappa shape index (κ1) is 13.5. The molecule has 0 saturated heterocycles. The predicted molar refractivity (Wildman–Crippen MR) is 104 cm³/mol. The first-order valence-corrected chi connectivity index (χ1v) is 8.72. The molecule has 3 aromatic rings. The van der Waals surface area contributed by atoms with Gasteiger partial charge in [-0.1, -0.05) is 6.07 Å². The van der Waals surface area contributed by atoms with Crippen LogP contribution < -0.4 is 0 Å². The molecule has 3 heterocycles. The number of aromatic amines is 1. The van der Waals surface area contributed by atoms with Crippen LogP contribution in [-0.2, 0) is 13.0 Å². The third kappa shape index (κ3) is 2.78. The Balaban J connectivity index is 1.85. The summed E-state index contributed by atoms with van der Waals surface area (Å²) in [5.41, 5.74) is 6.21. The minimum Gasteiger partial charge on any atom is -0.346 e. The Morgan fingerprint density at radius 1 is 1.31 bits per heavy atom. The Morgan fingerprint density at radius 2 is 2.15 bits per heavy atom. The molecular formula is C21H24N4O. The molecule has 134 valence electrons. The van der Waals surface area contributed by atoms with E-state index in [-0.39, 0.29) is 6.54 Å². The zero-order chi connectivity index (χ0) is 20.9. The van der Waals surface area contributed by atoms with Gasteiger partial charge in [0, 0.05) is 53.1 Å². The number of rotatable bonds is 3. The SMILES string of the molecule is [2H]C([2H])([2H])N1CCc2cc(-c3cnc4[nH]cc(C)c4c3)cc(CN(C)C)c2C1=O. The molecule has 4 rings (SSSR count). The van der Waals surface area contributed by atoms with Crippen molar-refractivity contribution in [2.24, 2.45) is 0 Å². The van der Waals surface area contributed by atoms with Gasteiger partial charge in [0.15, 0.2) is 0 Å². The molecule has 2 aromatic heterocycles. The van der Waals surface area contributed by atoms with Crippen molar-refractivity contribution in [3.05, 3.63) is 52.8 Å². The summed E-state index contributed by atoms with van der Waals surface area (Å²) in [7, 11) is 3.87. The van der Waals surface area contributed by atoms with Crippen molar-refractivity contribution >= 4 is 16.9 Å². The van der Waals surface area contributed by atoms with Crippen LogP contribution in [0, 0.1) is 6.92 Å². The van der Waals surface area contributed by atoms with Gasteiger partial charge in [0.2, 0.25) is 0 Å². The second-order valence-corrected chi connectivity index (χ2v) is 7.21. The number of carbonyl (C=O) groups excluding carboxylic acids is 1. The topological polar surface area (TPSA) is 52.2 Å². The smallest absolute Gasteiger partial charge is 0.254 e. The molecular weight excluding hydrogens is 324 g/mol.